The first-order valence-electron chi connectivity index (χ1n) is 8.70. The zero-order valence-electron chi connectivity index (χ0n) is 15.1. The van der Waals surface area contributed by atoms with E-state index in [1.807, 2.05) is 28.8 Å². The molecule has 2 aromatic rings. The number of nitrogens with zero attached hydrogens (tertiary/aromatic N) is 1. The quantitative estimate of drug-likeness (QED) is 0.529. The van der Waals surface area contributed by atoms with Crippen LogP contribution in [-0.4, -0.2) is 47.5 Å². The highest BCUT2D eigenvalue weighted by Crippen LogP contribution is 2.22. The van der Waals surface area contributed by atoms with Crippen LogP contribution in [0.1, 0.15) is 36.5 Å². The minimum Gasteiger partial charge on any atom is -0.467 e. The number of benzene rings is 1. The van der Waals surface area contributed by atoms with E-state index in [2.05, 4.69) is 10.1 Å². The number of aliphatic hydroxyl groups excluding tert-OH is 1. The molecule has 0 radical (unpaired) electrons. The lowest BCUT2D eigenvalue weighted by Gasteiger charge is -2.18. The van der Waals surface area contributed by atoms with Crippen molar-refractivity contribution in [1.29, 1.82) is 0 Å². The fourth-order valence-corrected chi connectivity index (χ4v) is 2.89. The molecule has 0 aliphatic carbocycles. The second-order valence-electron chi connectivity index (χ2n) is 6.22. The number of para-hydroxylation sites is 1. The van der Waals surface area contributed by atoms with Gasteiger partial charge in [0.1, 0.15) is 0 Å². The number of aryl methyl sites for hydroxylation is 1. The Morgan fingerprint density at radius 3 is 2.65 bits per heavy atom. The average molecular weight is 364 g/mol. The molecule has 2 N–H and O–H groups in total. The van der Waals surface area contributed by atoms with Crippen LogP contribution in [0.15, 0.2) is 30.5 Å². The topological polar surface area (TPSA) is 80.6 Å². The third kappa shape index (κ3) is 4.60. The van der Waals surface area contributed by atoms with E-state index >= 15 is 0 Å². The third-order valence-corrected chi connectivity index (χ3v) is 4.29. The van der Waals surface area contributed by atoms with Crippen LogP contribution in [0, 0.1) is 0 Å². The van der Waals surface area contributed by atoms with Gasteiger partial charge in [-0.1, -0.05) is 18.2 Å². The summed E-state index contributed by atoms with van der Waals surface area (Å²) in [6.07, 6.45) is 2.76. The van der Waals surface area contributed by atoms with Crippen molar-refractivity contribution in [2.24, 2.45) is 0 Å². The minimum absolute atomic E-state index is 0.325. The number of ether oxygens (including phenoxy) is 1. The van der Waals surface area contributed by atoms with Gasteiger partial charge in [-0.3, -0.25) is 9.18 Å². The molecule has 1 aromatic carbocycles. The number of methoxy groups -OCH3 is 1. The molecule has 142 valence electrons. The number of carbonyl (C=O) groups is 2. The van der Waals surface area contributed by atoms with Crippen LogP contribution in [0.4, 0.5) is 4.39 Å². The highest BCUT2D eigenvalue weighted by atomic mass is 19.1. The maximum atomic E-state index is 12.7. The predicted molar refractivity (Wildman–Crippen MR) is 96.7 cm³/mol. The average Bonchev–Trinajstić information content (AvgIpc) is 3.01. The van der Waals surface area contributed by atoms with Crippen LogP contribution in [0.3, 0.4) is 0 Å². The predicted octanol–water partition coefficient (Wildman–Crippen LogP) is 2.43. The summed E-state index contributed by atoms with van der Waals surface area (Å²) in [5, 5.41) is 13.0. The summed E-state index contributed by atoms with van der Waals surface area (Å²) in [7, 11) is 1.20. The Bertz CT molecular complexity index is 757. The second-order valence-corrected chi connectivity index (χ2v) is 6.22. The molecule has 0 saturated heterocycles. The van der Waals surface area contributed by atoms with Crippen LogP contribution < -0.4 is 5.32 Å². The fraction of sp³-hybridized carbons (Fsp3) is 0.474. The molecule has 6 nitrogen and oxygen atoms in total. The van der Waals surface area contributed by atoms with E-state index in [1.165, 1.54) is 14.0 Å². The van der Waals surface area contributed by atoms with Gasteiger partial charge in [0, 0.05) is 23.6 Å². The lowest BCUT2D eigenvalue weighted by molar-refractivity contribution is -0.145. The largest absolute Gasteiger partial charge is 0.467 e. The number of hydrogen-bond acceptors (Lipinski definition) is 4. The Balaban J connectivity index is 2.25. The first-order valence-corrected chi connectivity index (χ1v) is 8.70. The number of halogens is 1. The van der Waals surface area contributed by atoms with Crippen molar-refractivity contribution < 1.29 is 23.8 Å². The van der Waals surface area contributed by atoms with Crippen LogP contribution in [0.5, 0.6) is 0 Å². The van der Waals surface area contributed by atoms with Crippen molar-refractivity contribution in [1.82, 2.24) is 9.88 Å². The van der Waals surface area contributed by atoms with Gasteiger partial charge in [-0.25, -0.2) is 4.79 Å². The molecule has 1 amide bonds. The van der Waals surface area contributed by atoms with E-state index in [0.29, 0.717) is 18.5 Å². The number of alkyl halides is 1. The standard InChI is InChI=1S/C19H25FN2O4/c1-13(23)17(19(25)26-2)21-18(24)15-12-22(11-7-3-6-10-20)16-9-5-4-8-14(15)16/h4-5,8-9,12-13,17,23H,3,6-7,10-11H2,1-2H3,(H,21,24)/t13-,17+/m0/s1. The van der Waals surface area contributed by atoms with Gasteiger partial charge in [0.2, 0.25) is 0 Å². The highest BCUT2D eigenvalue weighted by molar-refractivity contribution is 6.08. The SMILES string of the molecule is COC(=O)[C@H](NC(=O)c1cn(CCCCCF)c2ccccc12)[C@H](C)O. The zero-order valence-corrected chi connectivity index (χ0v) is 15.1. The minimum atomic E-state index is -1.14. The first kappa shape index (κ1) is 19.9. The van der Waals surface area contributed by atoms with E-state index in [-0.39, 0.29) is 6.67 Å². The zero-order chi connectivity index (χ0) is 19.1. The van der Waals surface area contributed by atoms with Crippen LogP contribution in [0.25, 0.3) is 10.9 Å². The van der Waals surface area contributed by atoms with Gasteiger partial charge in [-0.2, -0.15) is 0 Å². The number of rotatable bonds is 9. The molecule has 2 atom stereocenters. The molecule has 0 spiro atoms. The number of hydrogen-bond donors (Lipinski definition) is 2. The number of aliphatic hydroxyl groups is 1. The molecule has 1 aromatic heterocycles. The summed E-state index contributed by atoms with van der Waals surface area (Å²) in [6, 6.07) is 6.32. The van der Waals surface area contributed by atoms with Gasteiger partial charge in [0.15, 0.2) is 6.04 Å². The van der Waals surface area contributed by atoms with Crippen molar-refractivity contribution in [2.75, 3.05) is 13.8 Å². The molecule has 2 rings (SSSR count). The maximum absolute atomic E-state index is 12.7. The van der Waals surface area contributed by atoms with E-state index < -0.39 is 24.0 Å². The van der Waals surface area contributed by atoms with Gasteiger partial charge in [-0.15, -0.1) is 0 Å². The Labute approximate surface area is 151 Å². The number of esters is 1. The fourth-order valence-electron chi connectivity index (χ4n) is 2.89. The number of nitrogens with one attached hydrogen (secondary N) is 1. The third-order valence-electron chi connectivity index (χ3n) is 4.29. The van der Waals surface area contributed by atoms with E-state index in [4.69, 9.17) is 0 Å². The normalized spacial score (nSPS) is 13.4. The van der Waals surface area contributed by atoms with Gasteiger partial charge in [0.25, 0.3) is 5.91 Å². The van der Waals surface area contributed by atoms with E-state index in [1.54, 1.807) is 6.20 Å². The summed E-state index contributed by atoms with van der Waals surface area (Å²) in [4.78, 5) is 24.4. The molecule has 1 heterocycles. The molecule has 7 heteroatoms. The summed E-state index contributed by atoms with van der Waals surface area (Å²) in [5.74, 6) is -1.16. The molecule has 0 aliphatic heterocycles. The van der Waals surface area contributed by atoms with Gasteiger partial charge in [-0.05, 0) is 32.3 Å². The number of aromatic nitrogens is 1. The van der Waals surface area contributed by atoms with Crippen molar-refractivity contribution in [3.63, 3.8) is 0 Å². The second kappa shape index (κ2) is 9.33. The lowest BCUT2D eigenvalue weighted by atomic mass is 10.1. The molecule has 26 heavy (non-hydrogen) atoms. The Morgan fingerprint density at radius 1 is 1.27 bits per heavy atom. The highest BCUT2D eigenvalue weighted by Gasteiger charge is 2.28. The Kier molecular flexibility index (Phi) is 7.15. The first-order chi connectivity index (χ1) is 12.5. The molecule has 0 saturated carbocycles. The van der Waals surface area contributed by atoms with E-state index in [0.717, 1.165) is 23.7 Å². The van der Waals surface area contributed by atoms with Crippen LogP contribution in [0.2, 0.25) is 0 Å². The monoisotopic (exact) mass is 364 g/mol. The number of unbranched alkanes of at least 4 members (excludes halogenated alkanes) is 2. The molecule has 0 bridgehead atoms. The van der Waals surface area contributed by atoms with Crippen molar-refractivity contribution >= 4 is 22.8 Å². The smallest absolute Gasteiger partial charge is 0.331 e. The summed E-state index contributed by atoms with van der Waals surface area (Å²) in [6.45, 7) is 1.76. The summed E-state index contributed by atoms with van der Waals surface area (Å²) in [5.41, 5.74) is 1.31. The number of amides is 1. The Morgan fingerprint density at radius 2 is 2.00 bits per heavy atom. The van der Waals surface area contributed by atoms with Gasteiger partial charge in [0.05, 0.1) is 25.5 Å². The maximum Gasteiger partial charge on any atom is 0.331 e. The van der Waals surface area contributed by atoms with Crippen molar-refractivity contribution in [2.45, 2.75) is 44.9 Å². The van der Waals surface area contributed by atoms with Crippen molar-refractivity contribution in [3.05, 3.63) is 36.0 Å². The number of carbonyl (C=O) groups excluding carboxylic acids is 2. The van der Waals surface area contributed by atoms with Crippen LogP contribution in [-0.2, 0) is 16.1 Å². The Hall–Kier alpha value is -2.41. The number of fused-ring (bicyclic) bond motifs is 1. The van der Waals surface area contributed by atoms with Gasteiger partial charge >= 0.3 is 5.97 Å². The molecule has 0 fully saturated rings. The molecular weight excluding hydrogens is 339 g/mol. The summed E-state index contributed by atoms with van der Waals surface area (Å²) < 4.78 is 18.8. The van der Waals surface area contributed by atoms with Gasteiger partial charge < -0.3 is 19.7 Å². The summed E-state index contributed by atoms with van der Waals surface area (Å²) >= 11 is 0. The molecular formula is C19H25FN2O4. The van der Waals surface area contributed by atoms with E-state index in [9.17, 15) is 19.1 Å². The van der Waals surface area contributed by atoms with Crippen molar-refractivity contribution in [3.8, 4) is 0 Å². The molecule has 0 unspecified atom stereocenters. The molecule has 0 aliphatic rings. The van der Waals surface area contributed by atoms with Crippen LogP contribution >= 0.6 is 0 Å². The lowest BCUT2D eigenvalue weighted by Crippen LogP contribution is -2.48.